The van der Waals surface area contributed by atoms with Gasteiger partial charge in [-0.15, -0.1) is 0 Å². The van der Waals surface area contributed by atoms with Gasteiger partial charge in [0.2, 0.25) is 0 Å². The summed E-state index contributed by atoms with van der Waals surface area (Å²) in [4.78, 5) is 0. The Morgan fingerprint density at radius 3 is 1.71 bits per heavy atom. The summed E-state index contributed by atoms with van der Waals surface area (Å²) in [6, 6.07) is 0. The van der Waals surface area contributed by atoms with E-state index in [2.05, 4.69) is 13.8 Å². The first-order valence-corrected chi connectivity index (χ1v) is 5.99. The molecule has 0 atom stereocenters. The summed E-state index contributed by atoms with van der Waals surface area (Å²) < 4.78 is 5.28. The highest BCUT2D eigenvalue weighted by atomic mass is 16.5. The van der Waals surface area contributed by atoms with Crippen LogP contribution < -0.4 is 0 Å². The van der Waals surface area contributed by atoms with Crippen LogP contribution >= 0.6 is 0 Å². The molecule has 0 spiro atoms. The highest BCUT2D eigenvalue weighted by molar-refractivity contribution is 4.45. The lowest BCUT2D eigenvalue weighted by atomic mass is 10.1. The van der Waals surface area contributed by atoms with Gasteiger partial charge in [-0.3, -0.25) is 0 Å². The van der Waals surface area contributed by atoms with Crippen LogP contribution in [-0.2, 0) is 4.74 Å². The molecule has 0 aromatic rings. The first-order valence-electron chi connectivity index (χ1n) is 5.99. The fourth-order valence-corrected chi connectivity index (χ4v) is 1.48. The molecule has 0 N–H and O–H groups in total. The highest BCUT2D eigenvalue weighted by Crippen LogP contribution is 2.08. The molecule has 0 aromatic carbocycles. The molecule has 0 unspecified atom stereocenters. The van der Waals surface area contributed by atoms with E-state index in [1.165, 1.54) is 51.4 Å². The highest BCUT2D eigenvalue weighted by Gasteiger charge is 1.90. The summed E-state index contributed by atoms with van der Waals surface area (Å²) in [5, 5.41) is 0. The SMILES string of the molecule is C.CCCCCCCCCCOCC. The minimum Gasteiger partial charge on any atom is -0.382 e. The average Bonchev–Trinajstić information content (AvgIpc) is 2.16. The van der Waals surface area contributed by atoms with Crippen molar-refractivity contribution in [3.63, 3.8) is 0 Å². The van der Waals surface area contributed by atoms with Crippen LogP contribution in [0.15, 0.2) is 0 Å². The Labute approximate surface area is 91.2 Å². The van der Waals surface area contributed by atoms with Crippen molar-refractivity contribution in [2.45, 2.75) is 72.6 Å². The van der Waals surface area contributed by atoms with Gasteiger partial charge in [0.05, 0.1) is 0 Å². The number of hydrogen-bond donors (Lipinski definition) is 0. The number of hydrogen-bond acceptors (Lipinski definition) is 1. The van der Waals surface area contributed by atoms with Crippen molar-refractivity contribution < 1.29 is 4.74 Å². The molecular formula is C13H30O. The third-order valence-corrected chi connectivity index (χ3v) is 2.35. The van der Waals surface area contributed by atoms with Crippen molar-refractivity contribution in [3.8, 4) is 0 Å². The van der Waals surface area contributed by atoms with Crippen molar-refractivity contribution >= 4 is 0 Å². The van der Waals surface area contributed by atoms with Crippen molar-refractivity contribution in [3.05, 3.63) is 0 Å². The standard InChI is InChI=1S/C12H26O.CH4/c1-3-5-6-7-8-9-10-11-12-13-4-2;/h3-12H2,1-2H3;1H4. The number of ether oxygens (including phenoxy) is 1. The van der Waals surface area contributed by atoms with Gasteiger partial charge in [0.15, 0.2) is 0 Å². The first-order chi connectivity index (χ1) is 6.41. The number of rotatable bonds is 10. The maximum absolute atomic E-state index is 5.28. The Bertz CT molecular complexity index is 71.3. The molecule has 0 heterocycles. The quantitative estimate of drug-likeness (QED) is 0.462. The summed E-state index contributed by atoms with van der Waals surface area (Å²) in [5.41, 5.74) is 0. The van der Waals surface area contributed by atoms with E-state index in [-0.39, 0.29) is 7.43 Å². The molecule has 88 valence electrons. The molecule has 0 saturated carbocycles. The summed E-state index contributed by atoms with van der Waals surface area (Å²) in [6.45, 7) is 6.16. The molecule has 0 aliphatic rings. The lowest BCUT2D eigenvalue weighted by molar-refractivity contribution is 0.143. The monoisotopic (exact) mass is 202 g/mol. The zero-order chi connectivity index (χ0) is 9.78. The maximum atomic E-state index is 5.28. The van der Waals surface area contributed by atoms with Crippen LogP contribution in [0.5, 0.6) is 0 Å². The van der Waals surface area contributed by atoms with Gasteiger partial charge in [-0.2, -0.15) is 0 Å². The molecule has 0 saturated heterocycles. The third-order valence-electron chi connectivity index (χ3n) is 2.35. The van der Waals surface area contributed by atoms with Crippen molar-refractivity contribution in [2.24, 2.45) is 0 Å². The van der Waals surface area contributed by atoms with Gasteiger partial charge in [0.25, 0.3) is 0 Å². The van der Waals surface area contributed by atoms with Crippen LogP contribution in [-0.4, -0.2) is 13.2 Å². The molecule has 1 nitrogen and oxygen atoms in total. The zero-order valence-electron chi connectivity index (χ0n) is 9.48. The lowest BCUT2D eigenvalue weighted by Crippen LogP contribution is -1.92. The van der Waals surface area contributed by atoms with E-state index in [9.17, 15) is 0 Å². The topological polar surface area (TPSA) is 9.23 Å². The second kappa shape index (κ2) is 15.4. The Hall–Kier alpha value is -0.0400. The van der Waals surface area contributed by atoms with E-state index < -0.39 is 0 Å². The third kappa shape index (κ3) is 14.5. The largest absolute Gasteiger partial charge is 0.382 e. The smallest absolute Gasteiger partial charge is 0.0465 e. The van der Waals surface area contributed by atoms with E-state index in [1.807, 2.05) is 0 Å². The maximum Gasteiger partial charge on any atom is 0.0465 e. The molecule has 0 radical (unpaired) electrons. The van der Waals surface area contributed by atoms with Crippen molar-refractivity contribution in [2.75, 3.05) is 13.2 Å². The lowest BCUT2D eigenvalue weighted by Gasteiger charge is -2.01. The van der Waals surface area contributed by atoms with Crippen LogP contribution in [0.3, 0.4) is 0 Å². The molecule has 0 fully saturated rings. The average molecular weight is 202 g/mol. The van der Waals surface area contributed by atoms with Gasteiger partial charge in [0, 0.05) is 13.2 Å². The first kappa shape index (κ1) is 16.4. The van der Waals surface area contributed by atoms with E-state index in [0.717, 1.165) is 13.2 Å². The van der Waals surface area contributed by atoms with Gasteiger partial charge >= 0.3 is 0 Å². The molecule has 0 rings (SSSR count). The molecule has 0 aliphatic heterocycles. The minimum absolute atomic E-state index is 0. The van der Waals surface area contributed by atoms with Crippen LogP contribution in [0.1, 0.15) is 72.6 Å². The molecule has 0 bridgehead atoms. The van der Waals surface area contributed by atoms with E-state index in [0.29, 0.717) is 0 Å². The van der Waals surface area contributed by atoms with Gasteiger partial charge in [-0.25, -0.2) is 0 Å². The zero-order valence-corrected chi connectivity index (χ0v) is 9.48. The Morgan fingerprint density at radius 2 is 1.21 bits per heavy atom. The Morgan fingerprint density at radius 1 is 0.714 bits per heavy atom. The summed E-state index contributed by atoms with van der Waals surface area (Å²) >= 11 is 0. The predicted molar refractivity (Wildman–Crippen MR) is 65.8 cm³/mol. The van der Waals surface area contributed by atoms with Crippen molar-refractivity contribution in [1.29, 1.82) is 0 Å². The minimum atomic E-state index is 0. The van der Waals surface area contributed by atoms with Crippen LogP contribution in [0.25, 0.3) is 0 Å². The summed E-state index contributed by atoms with van der Waals surface area (Å²) in [7, 11) is 0. The van der Waals surface area contributed by atoms with Crippen molar-refractivity contribution in [1.82, 2.24) is 0 Å². The van der Waals surface area contributed by atoms with Gasteiger partial charge in [-0.05, 0) is 13.3 Å². The molecule has 0 aliphatic carbocycles. The molecule has 0 aromatic heterocycles. The van der Waals surface area contributed by atoms with E-state index >= 15 is 0 Å². The second-order valence-electron chi connectivity index (χ2n) is 3.67. The van der Waals surface area contributed by atoms with E-state index in [1.54, 1.807) is 0 Å². The van der Waals surface area contributed by atoms with Crippen LogP contribution in [0.2, 0.25) is 0 Å². The van der Waals surface area contributed by atoms with Crippen LogP contribution in [0.4, 0.5) is 0 Å². The van der Waals surface area contributed by atoms with Gasteiger partial charge in [-0.1, -0.05) is 59.3 Å². The Kier molecular flexibility index (Phi) is 18.1. The fraction of sp³-hybridized carbons (Fsp3) is 1.00. The molecule has 1 heteroatoms. The van der Waals surface area contributed by atoms with Gasteiger partial charge < -0.3 is 4.74 Å². The van der Waals surface area contributed by atoms with Crippen LogP contribution in [0, 0.1) is 0 Å². The summed E-state index contributed by atoms with van der Waals surface area (Å²) in [5.74, 6) is 0. The molecular weight excluding hydrogens is 172 g/mol. The molecule has 0 amide bonds. The van der Waals surface area contributed by atoms with E-state index in [4.69, 9.17) is 4.74 Å². The fourth-order valence-electron chi connectivity index (χ4n) is 1.48. The summed E-state index contributed by atoms with van der Waals surface area (Å²) in [6.07, 6.45) is 11.1. The predicted octanol–water partition coefficient (Wildman–Crippen LogP) is 4.80. The molecule has 14 heavy (non-hydrogen) atoms. The van der Waals surface area contributed by atoms with Gasteiger partial charge in [0.1, 0.15) is 0 Å². The normalized spacial score (nSPS) is 9.86. The second-order valence-corrected chi connectivity index (χ2v) is 3.67. The number of unbranched alkanes of at least 4 members (excludes halogenated alkanes) is 7. The Balaban J connectivity index is 0.